The van der Waals surface area contributed by atoms with E-state index in [-0.39, 0.29) is 25.1 Å². The summed E-state index contributed by atoms with van der Waals surface area (Å²) in [5.41, 5.74) is 1.97. The Labute approximate surface area is 191 Å². The second-order valence-corrected chi connectivity index (χ2v) is 7.80. The molecule has 1 aliphatic heterocycles. The zero-order chi connectivity index (χ0) is 21.8. The van der Waals surface area contributed by atoms with E-state index in [1.807, 2.05) is 48.5 Å². The fourth-order valence-electron chi connectivity index (χ4n) is 3.93. The zero-order valence-electron chi connectivity index (χ0n) is 17.4. The summed E-state index contributed by atoms with van der Waals surface area (Å²) < 4.78 is 44.3. The van der Waals surface area contributed by atoms with Crippen LogP contribution in [0.4, 0.5) is 13.2 Å². The van der Waals surface area contributed by atoms with Crippen molar-refractivity contribution < 1.29 is 23.0 Å². The zero-order valence-corrected chi connectivity index (χ0v) is 18.2. The number of hydrogen-bond acceptors (Lipinski definition) is 3. The standard InChI is InChI=1S/C25H24F3NO2.ClH/c26-25(27,28)21-10-8-19(9-11-21)20-3-1-5-24(15-20)31-23-12-6-18(7-13-23)16-29-14-2-4-22(29)17-30;/h1,3,5-13,15,22,30H,2,4,14,16-17H2;1H/t22-;/m1./s1. The smallest absolute Gasteiger partial charge is 0.416 e. The number of likely N-dealkylation sites (tertiary alicyclic amines) is 1. The molecule has 3 aromatic carbocycles. The predicted octanol–water partition coefficient (Wildman–Crippen LogP) is 6.54. The summed E-state index contributed by atoms with van der Waals surface area (Å²) in [6.45, 7) is 1.99. The molecule has 0 aromatic heterocycles. The van der Waals surface area contributed by atoms with Crippen LogP contribution in [0.5, 0.6) is 11.5 Å². The van der Waals surface area contributed by atoms with Gasteiger partial charge < -0.3 is 9.84 Å². The molecule has 3 aromatic rings. The second kappa shape index (κ2) is 10.4. The van der Waals surface area contributed by atoms with Crippen molar-refractivity contribution in [1.29, 1.82) is 0 Å². The van der Waals surface area contributed by atoms with Crippen molar-refractivity contribution >= 4 is 12.4 Å². The maximum absolute atomic E-state index is 12.8. The molecule has 1 fully saturated rings. The molecule has 0 saturated carbocycles. The number of ether oxygens (including phenoxy) is 1. The molecular weight excluding hydrogens is 439 g/mol. The van der Waals surface area contributed by atoms with Gasteiger partial charge in [-0.15, -0.1) is 12.4 Å². The van der Waals surface area contributed by atoms with Gasteiger partial charge in [-0.25, -0.2) is 0 Å². The summed E-state index contributed by atoms with van der Waals surface area (Å²) in [6.07, 6.45) is -2.20. The molecule has 1 N–H and O–H groups in total. The fraction of sp³-hybridized carbons (Fsp3) is 0.280. The van der Waals surface area contributed by atoms with Gasteiger partial charge in [-0.05, 0) is 72.5 Å². The van der Waals surface area contributed by atoms with E-state index in [9.17, 15) is 18.3 Å². The molecule has 4 rings (SSSR count). The van der Waals surface area contributed by atoms with Gasteiger partial charge in [0.05, 0.1) is 12.2 Å². The molecule has 3 nitrogen and oxygen atoms in total. The number of nitrogens with zero attached hydrogens (tertiary/aromatic N) is 1. The average Bonchev–Trinajstić information content (AvgIpc) is 3.22. The maximum Gasteiger partial charge on any atom is 0.416 e. The monoisotopic (exact) mass is 463 g/mol. The normalized spacial score (nSPS) is 16.6. The van der Waals surface area contributed by atoms with Gasteiger partial charge in [-0.2, -0.15) is 13.2 Å². The average molecular weight is 464 g/mol. The van der Waals surface area contributed by atoms with Gasteiger partial charge >= 0.3 is 6.18 Å². The van der Waals surface area contributed by atoms with Crippen LogP contribution in [-0.4, -0.2) is 29.2 Å². The van der Waals surface area contributed by atoms with E-state index >= 15 is 0 Å². The Kier molecular flexibility index (Phi) is 7.82. The van der Waals surface area contributed by atoms with Gasteiger partial charge in [0.2, 0.25) is 0 Å². The van der Waals surface area contributed by atoms with Crippen LogP contribution in [0.15, 0.2) is 72.8 Å². The predicted molar refractivity (Wildman–Crippen MR) is 121 cm³/mol. The molecule has 0 radical (unpaired) electrons. The highest BCUT2D eigenvalue weighted by atomic mass is 35.5. The highest BCUT2D eigenvalue weighted by Crippen LogP contribution is 2.32. The molecule has 0 bridgehead atoms. The minimum absolute atomic E-state index is 0. The Morgan fingerprint density at radius 3 is 2.28 bits per heavy atom. The van der Waals surface area contributed by atoms with Crippen molar-refractivity contribution in [2.45, 2.75) is 31.6 Å². The van der Waals surface area contributed by atoms with E-state index in [4.69, 9.17) is 4.74 Å². The first kappa shape index (κ1) is 24.1. The van der Waals surface area contributed by atoms with Crippen molar-refractivity contribution in [3.8, 4) is 22.6 Å². The molecule has 0 amide bonds. The van der Waals surface area contributed by atoms with Crippen molar-refractivity contribution in [3.63, 3.8) is 0 Å². The molecule has 32 heavy (non-hydrogen) atoms. The van der Waals surface area contributed by atoms with E-state index in [1.165, 1.54) is 12.1 Å². The number of aliphatic hydroxyl groups excluding tert-OH is 1. The number of alkyl halides is 3. The third-order valence-corrected chi connectivity index (χ3v) is 5.63. The second-order valence-electron chi connectivity index (χ2n) is 7.80. The minimum Gasteiger partial charge on any atom is -0.457 e. The summed E-state index contributed by atoms with van der Waals surface area (Å²) in [7, 11) is 0. The molecule has 1 aliphatic rings. The van der Waals surface area contributed by atoms with Crippen LogP contribution >= 0.6 is 12.4 Å². The van der Waals surface area contributed by atoms with Gasteiger partial charge in [-0.1, -0.05) is 36.4 Å². The fourth-order valence-corrected chi connectivity index (χ4v) is 3.93. The van der Waals surface area contributed by atoms with E-state index in [0.717, 1.165) is 49.2 Å². The number of aliphatic hydroxyl groups is 1. The van der Waals surface area contributed by atoms with Crippen LogP contribution in [0.2, 0.25) is 0 Å². The molecular formula is C25H25ClF3NO2. The van der Waals surface area contributed by atoms with Crippen molar-refractivity contribution in [1.82, 2.24) is 4.90 Å². The third-order valence-electron chi connectivity index (χ3n) is 5.63. The number of benzene rings is 3. The Morgan fingerprint density at radius 1 is 0.906 bits per heavy atom. The van der Waals surface area contributed by atoms with E-state index < -0.39 is 11.7 Å². The van der Waals surface area contributed by atoms with Gasteiger partial charge in [0.25, 0.3) is 0 Å². The van der Waals surface area contributed by atoms with Crippen LogP contribution < -0.4 is 4.74 Å². The highest BCUT2D eigenvalue weighted by molar-refractivity contribution is 5.85. The first-order valence-electron chi connectivity index (χ1n) is 10.3. The summed E-state index contributed by atoms with van der Waals surface area (Å²) in [4.78, 5) is 2.30. The van der Waals surface area contributed by atoms with Gasteiger partial charge in [0, 0.05) is 12.6 Å². The summed E-state index contributed by atoms with van der Waals surface area (Å²) in [5.74, 6) is 1.30. The molecule has 170 valence electrons. The number of hydrogen-bond donors (Lipinski definition) is 1. The van der Waals surface area contributed by atoms with Crippen LogP contribution in [0, 0.1) is 0 Å². The lowest BCUT2D eigenvalue weighted by atomic mass is 10.0. The Hall–Kier alpha value is -2.54. The summed E-state index contributed by atoms with van der Waals surface area (Å²) >= 11 is 0. The first-order chi connectivity index (χ1) is 14.9. The Bertz CT molecular complexity index is 1010. The molecule has 1 saturated heterocycles. The quantitative estimate of drug-likeness (QED) is 0.450. The molecule has 1 atom stereocenters. The molecule has 1 heterocycles. The summed E-state index contributed by atoms with van der Waals surface area (Å²) in [5, 5.41) is 9.46. The van der Waals surface area contributed by atoms with Crippen LogP contribution in [0.25, 0.3) is 11.1 Å². The third kappa shape index (κ3) is 5.82. The highest BCUT2D eigenvalue weighted by Gasteiger charge is 2.30. The summed E-state index contributed by atoms with van der Waals surface area (Å²) in [6, 6.07) is 20.5. The topological polar surface area (TPSA) is 32.7 Å². The van der Waals surface area contributed by atoms with E-state index in [1.54, 1.807) is 0 Å². The lowest BCUT2D eigenvalue weighted by Crippen LogP contribution is -2.31. The molecule has 7 heteroatoms. The Morgan fingerprint density at radius 2 is 1.62 bits per heavy atom. The van der Waals surface area contributed by atoms with Crippen LogP contribution in [-0.2, 0) is 12.7 Å². The SMILES string of the molecule is Cl.OC[C@H]1CCCN1Cc1ccc(Oc2cccc(-c3ccc(C(F)(F)F)cc3)c2)cc1. The van der Waals surface area contributed by atoms with Crippen LogP contribution in [0.3, 0.4) is 0 Å². The van der Waals surface area contributed by atoms with E-state index in [0.29, 0.717) is 17.1 Å². The van der Waals surface area contributed by atoms with Crippen molar-refractivity contribution in [2.24, 2.45) is 0 Å². The largest absolute Gasteiger partial charge is 0.457 e. The molecule has 0 unspecified atom stereocenters. The Balaban J connectivity index is 0.00000289. The lowest BCUT2D eigenvalue weighted by Gasteiger charge is -2.22. The molecule has 0 aliphatic carbocycles. The van der Waals surface area contributed by atoms with Gasteiger partial charge in [0.15, 0.2) is 0 Å². The lowest BCUT2D eigenvalue weighted by molar-refractivity contribution is -0.137. The van der Waals surface area contributed by atoms with Crippen molar-refractivity contribution in [2.75, 3.05) is 13.2 Å². The maximum atomic E-state index is 12.8. The minimum atomic E-state index is -4.34. The number of halogens is 4. The number of rotatable bonds is 6. The van der Waals surface area contributed by atoms with Crippen molar-refractivity contribution in [3.05, 3.63) is 83.9 Å². The van der Waals surface area contributed by atoms with Gasteiger partial charge in [0.1, 0.15) is 11.5 Å². The molecule has 0 spiro atoms. The first-order valence-corrected chi connectivity index (χ1v) is 10.3. The van der Waals surface area contributed by atoms with Gasteiger partial charge in [-0.3, -0.25) is 4.90 Å². The van der Waals surface area contributed by atoms with E-state index in [2.05, 4.69) is 4.90 Å². The van der Waals surface area contributed by atoms with Crippen LogP contribution in [0.1, 0.15) is 24.0 Å².